The zero-order valence-corrected chi connectivity index (χ0v) is 30.7. The van der Waals surface area contributed by atoms with E-state index in [4.69, 9.17) is 14.0 Å². The molecule has 2 unspecified atom stereocenters. The Morgan fingerprint density at radius 2 is 1.41 bits per heavy atom. The quantitative estimate of drug-likeness (QED) is 0.0898. The molecule has 0 saturated heterocycles. The van der Waals surface area contributed by atoms with Gasteiger partial charge >= 0.3 is 12.1 Å². The second-order valence-electron chi connectivity index (χ2n) is 12.7. The van der Waals surface area contributed by atoms with Crippen LogP contribution in [0.25, 0.3) is 11.1 Å². The normalized spacial score (nSPS) is 14.4. The molecule has 0 aliphatic carbocycles. The number of nitrogens with one attached hydrogen (secondary N) is 2. The minimum Gasteiger partial charge on any atom is -0.459 e. The van der Waals surface area contributed by atoms with Crippen molar-refractivity contribution in [2.45, 2.75) is 72.0 Å². The van der Waals surface area contributed by atoms with Gasteiger partial charge < -0.3 is 24.6 Å². The Morgan fingerprint density at radius 3 is 2.00 bits per heavy atom. The fraction of sp³-hybridized carbons (Fsp3) is 0.405. The molecule has 3 aromatic carbocycles. The average molecular weight is 711 g/mol. The third-order valence-electron chi connectivity index (χ3n) is 7.34. The van der Waals surface area contributed by atoms with Gasteiger partial charge in [0, 0.05) is 18.8 Å². The van der Waals surface area contributed by atoms with Crippen molar-refractivity contribution in [1.82, 2.24) is 10.6 Å². The van der Waals surface area contributed by atoms with Crippen LogP contribution in [0.5, 0.6) is 0 Å². The molecule has 49 heavy (non-hydrogen) atoms. The van der Waals surface area contributed by atoms with Gasteiger partial charge in [0.25, 0.3) is 0 Å². The summed E-state index contributed by atoms with van der Waals surface area (Å²) in [5.74, 6) is -2.87. The van der Waals surface area contributed by atoms with Crippen LogP contribution < -0.4 is 10.6 Å². The zero-order chi connectivity index (χ0) is 36.0. The van der Waals surface area contributed by atoms with E-state index in [1.54, 1.807) is 20.8 Å². The number of rotatable bonds is 16. The number of thioether (sulfide) groups is 1. The number of ether oxygens (including phenoxy) is 2. The summed E-state index contributed by atoms with van der Waals surface area (Å²) in [5.41, 5.74) is 2.83. The third-order valence-corrected chi connectivity index (χ3v) is 11.0. The van der Waals surface area contributed by atoms with Gasteiger partial charge in [-0.25, -0.2) is 9.59 Å². The van der Waals surface area contributed by atoms with Crippen LogP contribution >= 0.6 is 19.1 Å². The standard InChI is InChI=1S/C37H47N2O8PS/c1-26(35(42)45-24-30-13-9-7-10-14-30)38-34(41)33(23-29-17-19-32(20-18-29)31-15-11-8-12-16-31)25-48(44,46-21-22-49-28(3)40)27(2)39-36(43)47-37(4,5)6/h7-20,26-27,33H,21-25H2,1-6H3,(H,38,41)(H,39,43)/t26-,27?,33-,48?/m1/s1. The van der Waals surface area contributed by atoms with E-state index in [0.717, 1.165) is 34.0 Å². The second-order valence-corrected chi connectivity index (χ2v) is 16.8. The van der Waals surface area contributed by atoms with Crippen LogP contribution in [0.4, 0.5) is 4.79 Å². The van der Waals surface area contributed by atoms with Crippen molar-refractivity contribution < 1.29 is 37.7 Å². The van der Waals surface area contributed by atoms with Crippen LogP contribution in [0, 0.1) is 5.92 Å². The molecule has 0 saturated carbocycles. The Labute approximate surface area is 293 Å². The van der Waals surface area contributed by atoms with Gasteiger partial charge in [-0.15, -0.1) is 0 Å². The lowest BCUT2D eigenvalue weighted by Gasteiger charge is -2.30. The van der Waals surface area contributed by atoms with Gasteiger partial charge in [0.2, 0.25) is 13.3 Å². The van der Waals surface area contributed by atoms with Crippen LogP contribution in [0.2, 0.25) is 0 Å². The maximum absolute atomic E-state index is 14.6. The van der Waals surface area contributed by atoms with Crippen molar-refractivity contribution in [2.75, 3.05) is 18.5 Å². The topological polar surface area (TPSA) is 137 Å². The molecule has 3 rings (SSSR count). The molecule has 0 spiro atoms. The lowest BCUT2D eigenvalue weighted by molar-refractivity contribution is -0.149. The molecule has 0 radical (unpaired) electrons. The van der Waals surface area contributed by atoms with Crippen LogP contribution in [0.3, 0.4) is 0 Å². The number of alkyl carbamates (subject to hydrolysis) is 1. The number of carbonyl (C=O) groups excluding carboxylic acids is 4. The minimum absolute atomic E-state index is 0.0479. The molecular formula is C37H47N2O8PS. The van der Waals surface area contributed by atoms with Gasteiger partial charge in [-0.3, -0.25) is 14.2 Å². The van der Waals surface area contributed by atoms with Gasteiger partial charge in [0.1, 0.15) is 24.0 Å². The molecule has 0 aliphatic heterocycles. The number of benzene rings is 3. The van der Waals surface area contributed by atoms with E-state index in [0.29, 0.717) is 0 Å². The van der Waals surface area contributed by atoms with E-state index < -0.39 is 48.7 Å². The summed E-state index contributed by atoms with van der Waals surface area (Å²) in [5, 5.41) is 5.24. The third kappa shape index (κ3) is 13.8. The van der Waals surface area contributed by atoms with Gasteiger partial charge in [0.05, 0.1) is 12.5 Å². The summed E-state index contributed by atoms with van der Waals surface area (Å²) in [6.45, 7) is 9.61. The largest absolute Gasteiger partial charge is 0.459 e. The highest BCUT2D eigenvalue weighted by atomic mass is 32.2. The molecule has 2 N–H and O–H groups in total. The van der Waals surface area contributed by atoms with Crippen molar-refractivity contribution in [3.63, 3.8) is 0 Å². The first-order valence-corrected chi connectivity index (χ1v) is 19.0. The predicted molar refractivity (Wildman–Crippen MR) is 193 cm³/mol. The van der Waals surface area contributed by atoms with E-state index in [2.05, 4.69) is 10.6 Å². The first-order chi connectivity index (χ1) is 23.1. The summed E-state index contributed by atoms with van der Waals surface area (Å²) in [4.78, 5) is 51.0. The molecule has 12 heteroatoms. The molecule has 0 aliphatic rings. The number of esters is 1. The molecule has 10 nitrogen and oxygen atoms in total. The smallest absolute Gasteiger partial charge is 0.408 e. The molecule has 0 bridgehead atoms. The zero-order valence-electron chi connectivity index (χ0n) is 29.0. The fourth-order valence-corrected chi connectivity index (χ4v) is 7.65. The van der Waals surface area contributed by atoms with Gasteiger partial charge in [-0.05, 0) is 63.3 Å². The molecule has 4 atom stereocenters. The lowest BCUT2D eigenvalue weighted by Crippen LogP contribution is -2.45. The highest BCUT2D eigenvalue weighted by molar-refractivity contribution is 8.13. The molecule has 0 aromatic heterocycles. The fourth-order valence-electron chi connectivity index (χ4n) is 4.82. The van der Waals surface area contributed by atoms with Crippen molar-refractivity contribution in [3.8, 4) is 11.1 Å². The van der Waals surface area contributed by atoms with E-state index >= 15 is 0 Å². The van der Waals surface area contributed by atoms with Crippen LogP contribution in [0.15, 0.2) is 84.9 Å². The monoisotopic (exact) mass is 710 g/mol. The van der Waals surface area contributed by atoms with Gasteiger partial charge in [-0.1, -0.05) is 96.7 Å². The second kappa shape index (κ2) is 18.7. The predicted octanol–water partition coefficient (Wildman–Crippen LogP) is 7.21. The van der Waals surface area contributed by atoms with E-state index in [9.17, 15) is 23.7 Å². The number of hydrogen-bond acceptors (Lipinski definition) is 9. The van der Waals surface area contributed by atoms with Gasteiger partial charge in [0.15, 0.2) is 5.12 Å². The van der Waals surface area contributed by atoms with Crippen molar-refractivity contribution in [2.24, 2.45) is 5.92 Å². The molecule has 264 valence electrons. The van der Waals surface area contributed by atoms with Crippen LogP contribution in [-0.4, -0.2) is 59.0 Å². The van der Waals surface area contributed by atoms with Crippen molar-refractivity contribution in [3.05, 3.63) is 96.1 Å². The summed E-state index contributed by atoms with van der Waals surface area (Å²) in [6.07, 6.45) is -0.872. The van der Waals surface area contributed by atoms with Crippen molar-refractivity contribution >= 4 is 42.2 Å². The first kappa shape index (κ1) is 39.5. The molecule has 3 aromatic rings. The molecule has 0 heterocycles. The average Bonchev–Trinajstić information content (AvgIpc) is 3.05. The lowest BCUT2D eigenvalue weighted by atomic mass is 9.97. The van der Waals surface area contributed by atoms with Gasteiger partial charge in [-0.2, -0.15) is 0 Å². The van der Waals surface area contributed by atoms with E-state index in [-0.39, 0.29) is 36.7 Å². The molecular weight excluding hydrogens is 663 g/mol. The Balaban J connectivity index is 1.86. The minimum atomic E-state index is -3.83. The molecule has 2 amide bonds. The Bertz CT molecular complexity index is 1580. The van der Waals surface area contributed by atoms with E-state index in [1.807, 2.05) is 84.9 Å². The number of carbonyl (C=O) groups is 4. The highest BCUT2D eigenvalue weighted by Crippen LogP contribution is 2.53. The van der Waals surface area contributed by atoms with Crippen LogP contribution in [-0.2, 0) is 46.0 Å². The highest BCUT2D eigenvalue weighted by Gasteiger charge is 2.39. The SMILES string of the molecule is CC(=O)SCCOP(=O)(C[C@@H](Cc1ccc(-c2ccccc2)cc1)C(=O)N[C@H](C)C(=O)OCc1ccccc1)C(C)NC(=O)OC(C)(C)C. The summed E-state index contributed by atoms with van der Waals surface area (Å²) in [7, 11) is -3.83. The first-order valence-electron chi connectivity index (χ1n) is 16.2. The Hall–Kier alpha value is -3.92. The maximum atomic E-state index is 14.6. The number of amides is 2. The maximum Gasteiger partial charge on any atom is 0.408 e. The van der Waals surface area contributed by atoms with E-state index in [1.165, 1.54) is 20.8 Å². The number of hydrogen-bond donors (Lipinski definition) is 2. The van der Waals surface area contributed by atoms with Crippen molar-refractivity contribution in [1.29, 1.82) is 0 Å². The summed E-state index contributed by atoms with van der Waals surface area (Å²) >= 11 is 1.02. The summed E-state index contributed by atoms with van der Waals surface area (Å²) < 4.78 is 31.4. The summed E-state index contributed by atoms with van der Waals surface area (Å²) in [6, 6.07) is 25.7. The molecule has 0 fully saturated rings. The van der Waals surface area contributed by atoms with Crippen LogP contribution in [0.1, 0.15) is 52.7 Å². The Kier molecular flexibility index (Phi) is 15.1. The Morgan fingerprint density at radius 1 is 0.816 bits per heavy atom.